The predicted molar refractivity (Wildman–Crippen MR) is 102 cm³/mol. The van der Waals surface area contributed by atoms with Gasteiger partial charge in [0.2, 0.25) is 0 Å². The maximum atomic E-state index is 12.5. The number of amides is 1. The lowest BCUT2D eigenvalue weighted by atomic mass is 10.1. The molecule has 0 unspecified atom stereocenters. The lowest BCUT2D eigenvalue weighted by molar-refractivity contribution is 0.102. The van der Waals surface area contributed by atoms with E-state index >= 15 is 0 Å². The summed E-state index contributed by atoms with van der Waals surface area (Å²) in [5.74, 6) is 1.07. The van der Waals surface area contributed by atoms with Crippen molar-refractivity contribution in [2.45, 2.75) is 6.42 Å². The van der Waals surface area contributed by atoms with Gasteiger partial charge in [0.15, 0.2) is 11.5 Å². The fourth-order valence-electron chi connectivity index (χ4n) is 2.65. The summed E-state index contributed by atoms with van der Waals surface area (Å²) in [6.45, 7) is 1.23. The van der Waals surface area contributed by atoms with Crippen LogP contribution in [0.5, 0.6) is 11.5 Å². The van der Waals surface area contributed by atoms with Gasteiger partial charge in [-0.3, -0.25) is 9.89 Å². The van der Waals surface area contributed by atoms with Gasteiger partial charge in [-0.05, 0) is 30.3 Å². The molecule has 132 valence electrons. The van der Waals surface area contributed by atoms with Crippen LogP contribution in [0, 0.1) is 0 Å². The highest BCUT2D eigenvalue weighted by atomic mass is 79.9. The van der Waals surface area contributed by atoms with Crippen LogP contribution < -0.4 is 14.8 Å². The number of ether oxygens (including phenoxy) is 2. The van der Waals surface area contributed by atoms with Gasteiger partial charge in [-0.1, -0.05) is 28.1 Å². The van der Waals surface area contributed by atoms with E-state index < -0.39 is 0 Å². The Morgan fingerprint density at radius 3 is 2.62 bits per heavy atom. The number of carbonyl (C=O) groups is 1. The number of nitrogens with zero attached hydrogens (tertiary/aromatic N) is 1. The molecule has 0 saturated carbocycles. The monoisotopic (exact) mass is 413 g/mol. The highest BCUT2D eigenvalue weighted by Gasteiger charge is 2.14. The summed E-state index contributed by atoms with van der Waals surface area (Å²) in [7, 11) is 0. The van der Waals surface area contributed by atoms with Gasteiger partial charge < -0.3 is 14.8 Å². The third-order valence-corrected chi connectivity index (χ3v) is 4.50. The van der Waals surface area contributed by atoms with Crippen molar-refractivity contribution < 1.29 is 14.3 Å². The number of carbonyl (C=O) groups excluding carboxylic acids is 1. The second-order valence-electron chi connectivity index (χ2n) is 5.84. The van der Waals surface area contributed by atoms with Gasteiger partial charge in [0.25, 0.3) is 5.91 Å². The predicted octanol–water partition coefficient (Wildman–Crippen LogP) is 4.25. The third-order valence-electron chi connectivity index (χ3n) is 3.97. The minimum atomic E-state index is -0.268. The first-order valence-electron chi connectivity index (χ1n) is 8.21. The zero-order chi connectivity index (χ0) is 17.9. The summed E-state index contributed by atoms with van der Waals surface area (Å²) >= 11 is 3.40. The van der Waals surface area contributed by atoms with Gasteiger partial charge in [0.1, 0.15) is 5.69 Å². The van der Waals surface area contributed by atoms with Crippen molar-refractivity contribution in [2.75, 3.05) is 18.5 Å². The minimum absolute atomic E-state index is 0.268. The number of hydrogen-bond acceptors (Lipinski definition) is 4. The number of aromatic amines is 1. The zero-order valence-corrected chi connectivity index (χ0v) is 15.4. The average Bonchev–Trinajstić information content (AvgIpc) is 3.02. The Labute approximate surface area is 158 Å². The van der Waals surface area contributed by atoms with Crippen LogP contribution in [0.1, 0.15) is 16.9 Å². The molecule has 0 aliphatic carbocycles. The van der Waals surface area contributed by atoms with Gasteiger partial charge in [0.05, 0.1) is 18.9 Å². The van der Waals surface area contributed by atoms with E-state index in [1.807, 2.05) is 24.3 Å². The maximum absolute atomic E-state index is 12.5. The molecule has 2 N–H and O–H groups in total. The van der Waals surface area contributed by atoms with Crippen LogP contribution >= 0.6 is 15.9 Å². The van der Waals surface area contributed by atoms with Crippen LogP contribution in [0.25, 0.3) is 11.3 Å². The van der Waals surface area contributed by atoms with E-state index in [0.717, 1.165) is 16.5 Å². The molecular weight excluding hydrogens is 398 g/mol. The van der Waals surface area contributed by atoms with E-state index in [0.29, 0.717) is 41.8 Å². The summed E-state index contributed by atoms with van der Waals surface area (Å²) in [5.41, 5.74) is 2.66. The summed E-state index contributed by atoms with van der Waals surface area (Å²) in [6, 6.07) is 14.8. The highest BCUT2D eigenvalue weighted by Crippen LogP contribution is 2.32. The van der Waals surface area contributed by atoms with Crippen LogP contribution in [0.2, 0.25) is 0 Å². The molecule has 1 aromatic heterocycles. The van der Waals surface area contributed by atoms with Crippen molar-refractivity contribution in [3.8, 4) is 22.8 Å². The second kappa shape index (κ2) is 7.21. The van der Waals surface area contributed by atoms with E-state index in [1.165, 1.54) is 0 Å². The molecule has 0 saturated heterocycles. The van der Waals surface area contributed by atoms with Gasteiger partial charge in [-0.2, -0.15) is 5.10 Å². The molecule has 1 aliphatic rings. The van der Waals surface area contributed by atoms with Crippen LogP contribution in [0.4, 0.5) is 5.69 Å². The molecule has 1 aliphatic heterocycles. The smallest absolute Gasteiger partial charge is 0.273 e. The summed E-state index contributed by atoms with van der Waals surface area (Å²) in [6.07, 6.45) is 0.837. The Morgan fingerprint density at radius 1 is 1.04 bits per heavy atom. The average molecular weight is 414 g/mol. The van der Waals surface area contributed by atoms with Crippen molar-refractivity contribution in [2.24, 2.45) is 0 Å². The molecule has 6 nitrogen and oxygen atoms in total. The molecule has 4 rings (SSSR count). The number of benzene rings is 2. The number of fused-ring (bicyclic) bond motifs is 1. The summed E-state index contributed by atoms with van der Waals surface area (Å²) in [5, 5.41) is 9.85. The first-order chi connectivity index (χ1) is 12.7. The summed E-state index contributed by atoms with van der Waals surface area (Å²) in [4.78, 5) is 12.5. The second-order valence-corrected chi connectivity index (χ2v) is 6.76. The Hall–Kier alpha value is -2.80. The molecular formula is C19H16BrN3O3. The number of H-pyrrole nitrogens is 1. The molecule has 0 spiro atoms. The Bertz CT molecular complexity index is 937. The summed E-state index contributed by atoms with van der Waals surface area (Å²) < 4.78 is 12.2. The SMILES string of the molecule is O=C(Nc1ccc2c(c1)OCCCO2)c1cc(-c2ccc(Br)cc2)n[nH]1. The van der Waals surface area contributed by atoms with Crippen molar-refractivity contribution in [1.29, 1.82) is 0 Å². The van der Waals surface area contributed by atoms with E-state index in [-0.39, 0.29) is 5.91 Å². The fraction of sp³-hybridized carbons (Fsp3) is 0.158. The topological polar surface area (TPSA) is 76.2 Å². The first kappa shape index (κ1) is 16.7. The van der Waals surface area contributed by atoms with E-state index in [9.17, 15) is 4.79 Å². The van der Waals surface area contributed by atoms with E-state index in [1.54, 1.807) is 24.3 Å². The molecule has 3 aromatic rings. The molecule has 7 heteroatoms. The molecule has 26 heavy (non-hydrogen) atoms. The van der Waals surface area contributed by atoms with E-state index in [4.69, 9.17) is 9.47 Å². The molecule has 2 aromatic carbocycles. The maximum Gasteiger partial charge on any atom is 0.273 e. The standard InChI is InChI=1S/C19H16BrN3O3/c20-13-4-2-12(3-5-13)15-11-16(23-22-15)19(24)21-14-6-7-17-18(10-14)26-9-1-8-25-17/h2-7,10-11H,1,8-9H2,(H,21,24)(H,22,23). The van der Waals surface area contributed by atoms with Crippen LogP contribution in [0.15, 0.2) is 53.0 Å². The highest BCUT2D eigenvalue weighted by molar-refractivity contribution is 9.10. The van der Waals surface area contributed by atoms with Gasteiger partial charge in [-0.15, -0.1) is 0 Å². The largest absolute Gasteiger partial charge is 0.490 e. The van der Waals surface area contributed by atoms with Crippen LogP contribution in [0.3, 0.4) is 0 Å². The Kier molecular flexibility index (Phi) is 4.62. The van der Waals surface area contributed by atoms with Gasteiger partial charge in [-0.25, -0.2) is 0 Å². The van der Waals surface area contributed by atoms with Crippen LogP contribution in [-0.2, 0) is 0 Å². The first-order valence-corrected chi connectivity index (χ1v) is 9.01. The number of hydrogen-bond donors (Lipinski definition) is 2. The molecule has 0 fully saturated rings. The number of rotatable bonds is 3. The molecule has 2 heterocycles. The zero-order valence-electron chi connectivity index (χ0n) is 13.8. The van der Waals surface area contributed by atoms with Crippen molar-refractivity contribution in [3.05, 3.63) is 58.7 Å². The van der Waals surface area contributed by atoms with Gasteiger partial charge >= 0.3 is 0 Å². The van der Waals surface area contributed by atoms with Crippen molar-refractivity contribution >= 4 is 27.5 Å². The molecule has 0 bridgehead atoms. The lowest BCUT2D eigenvalue weighted by Gasteiger charge is -2.09. The molecule has 0 atom stereocenters. The number of anilines is 1. The fourth-order valence-corrected chi connectivity index (χ4v) is 2.91. The number of aromatic nitrogens is 2. The minimum Gasteiger partial charge on any atom is -0.490 e. The van der Waals surface area contributed by atoms with Crippen molar-refractivity contribution in [1.82, 2.24) is 10.2 Å². The Morgan fingerprint density at radius 2 is 1.81 bits per heavy atom. The van der Waals surface area contributed by atoms with Crippen molar-refractivity contribution in [3.63, 3.8) is 0 Å². The van der Waals surface area contributed by atoms with Gasteiger partial charge in [0, 0.05) is 28.2 Å². The quantitative estimate of drug-likeness (QED) is 0.672. The number of nitrogens with one attached hydrogen (secondary N) is 2. The Balaban J connectivity index is 1.50. The van der Waals surface area contributed by atoms with E-state index in [2.05, 4.69) is 31.4 Å². The third kappa shape index (κ3) is 3.57. The molecule has 1 amide bonds. The number of halogens is 1. The normalized spacial score (nSPS) is 13.1. The molecule has 0 radical (unpaired) electrons. The van der Waals surface area contributed by atoms with Crippen LogP contribution in [-0.4, -0.2) is 29.3 Å². The lowest BCUT2D eigenvalue weighted by Crippen LogP contribution is -2.12.